The Labute approximate surface area is 193 Å². The number of halogens is 1. The van der Waals surface area contributed by atoms with Crippen LogP contribution in [0.25, 0.3) is 0 Å². The summed E-state index contributed by atoms with van der Waals surface area (Å²) >= 11 is 6.07. The average molecular weight is 446 g/mol. The van der Waals surface area contributed by atoms with Crippen LogP contribution in [0.1, 0.15) is 27.5 Å². The van der Waals surface area contributed by atoms with Gasteiger partial charge < -0.3 is 15.8 Å². The van der Waals surface area contributed by atoms with Crippen molar-refractivity contribution in [3.63, 3.8) is 0 Å². The van der Waals surface area contributed by atoms with Gasteiger partial charge in [0.1, 0.15) is 0 Å². The van der Waals surface area contributed by atoms with E-state index in [0.29, 0.717) is 35.2 Å². The van der Waals surface area contributed by atoms with Crippen LogP contribution in [0.2, 0.25) is 5.02 Å². The first kappa shape index (κ1) is 21.9. The quantitative estimate of drug-likeness (QED) is 0.455. The first-order valence-electron chi connectivity index (χ1n) is 10.4. The highest BCUT2D eigenvalue weighted by Gasteiger charge is 2.20. The van der Waals surface area contributed by atoms with Crippen molar-refractivity contribution in [2.75, 3.05) is 37.4 Å². The molecule has 0 aromatic heterocycles. The lowest BCUT2D eigenvalue weighted by Crippen LogP contribution is -2.38. The van der Waals surface area contributed by atoms with Gasteiger partial charge in [-0.05, 0) is 54.1 Å². The number of anilines is 2. The molecule has 1 aliphatic heterocycles. The van der Waals surface area contributed by atoms with Crippen LogP contribution in [0.5, 0.6) is 0 Å². The molecule has 1 heterocycles. The summed E-state index contributed by atoms with van der Waals surface area (Å²) in [5, 5.41) is 3.54. The van der Waals surface area contributed by atoms with Crippen molar-refractivity contribution in [1.29, 1.82) is 0 Å². The summed E-state index contributed by atoms with van der Waals surface area (Å²) in [6, 6.07) is 22.2. The van der Waals surface area contributed by atoms with Gasteiger partial charge in [-0.15, -0.1) is 0 Å². The van der Waals surface area contributed by atoms with Crippen LogP contribution in [-0.2, 0) is 4.74 Å². The Morgan fingerprint density at radius 3 is 2.38 bits per heavy atom. The van der Waals surface area contributed by atoms with E-state index in [1.165, 1.54) is 0 Å². The summed E-state index contributed by atoms with van der Waals surface area (Å²) in [6.07, 6.45) is 0. The fourth-order valence-corrected chi connectivity index (χ4v) is 3.65. The Morgan fingerprint density at radius 1 is 1.00 bits per heavy atom. The van der Waals surface area contributed by atoms with E-state index in [1.807, 2.05) is 48.5 Å². The number of nitrogen functional groups attached to an aromatic ring is 1. The fraction of sp³-hybridized carbons (Fsp3) is 0.192. The van der Waals surface area contributed by atoms with Gasteiger partial charge in [0.2, 0.25) is 0 Å². The van der Waals surface area contributed by atoms with E-state index in [1.54, 1.807) is 24.3 Å². The third kappa shape index (κ3) is 5.49. The number of amides is 1. The number of para-hydroxylation sites is 2. The number of morpholine rings is 1. The maximum atomic E-state index is 12.5. The number of hydrogen-bond acceptors (Lipinski definition) is 4. The van der Waals surface area contributed by atoms with E-state index in [0.717, 1.165) is 24.2 Å². The van der Waals surface area contributed by atoms with Gasteiger partial charge in [-0.3, -0.25) is 9.69 Å². The lowest BCUT2D eigenvalue weighted by molar-refractivity contribution is 0.0270. The van der Waals surface area contributed by atoms with Crippen LogP contribution in [0.3, 0.4) is 0 Å². The Morgan fingerprint density at radius 2 is 1.69 bits per heavy atom. The Balaban J connectivity index is 1.51. The van der Waals surface area contributed by atoms with Crippen molar-refractivity contribution in [2.24, 2.45) is 0 Å². The van der Waals surface area contributed by atoms with Crippen LogP contribution in [0.15, 0.2) is 72.8 Å². The standard InChI is InChI=1S/C26H24ClN3O2/c27-22-12-10-20(11-13-22)25(30-15-17-32-18-16-30)14-7-19-5-8-21(9-6-19)26(31)29-24-4-2-1-3-23(24)28/h1-6,8-13,25H,15-18,28H2,(H,29,31). The maximum Gasteiger partial charge on any atom is 0.255 e. The van der Waals surface area contributed by atoms with Crippen LogP contribution in [0, 0.1) is 11.8 Å². The summed E-state index contributed by atoms with van der Waals surface area (Å²) in [7, 11) is 0. The molecule has 6 heteroatoms. The third-order valence-corrected chi connectivity index (χ3v) is 5.56. The van der Waals surface area contributed by atoms with Gasteiger partial charge >= 0.3 is 0 Å². The SMILES string of the molecule is Nc1ccccc1NC(=O)c1ccc(C#CC(c2ccc(Cl)cc2)N2CCOCC2)cc1. The highest BCUT2D eigenvalue weighted by atomic mass is 35.5. The lowest BCUT2D eigenvalue weighted by atomic mass is 10.0. The summed E-state index contributed by atoms with van der Waals surface area (Å²) in [5.41, 5.74) is 9.51. The molecular weight excluding hydrogens is 422 g/mol. The topological polar surface area (TPSA) is 67.6 Å². The normalized spacial score (nSPS) is 14.8. The number of benzene rings is 3. The minimum Gasteiger partial charge on any atom is -0.397 e. The first-order chi connectivity index (χ1) is 15.6. The number of ether oxygens (including phenoxy) is 1. The monoisotopic (exact) mass is 445 g/mol. The fourth-order valence-electron chi connectivity index (χ4n) is 3.53. The molecule has 0 saturated carbocycles. The van der Waals surface area contributed by atoms with Gasteiger partial charge in [0, 0.05) is 29.2 Å². The zero-order chi connectivity index (χ0) is 22.3. The molecule has 0 radical (unpaired) electrons. The Bertz CT molecular complexity index is 1130. The van der Waals surface area contributed by atoms with E-state index < -0.39 is 0 Å². The number of nitrogens with two attached hydrogens (primary N) is 1. The van der Waals surface area contributed by atoms with E-state index in [-0.39, 0.29) is 11.9 Å². The molecular formula is C26H24ClN3O2. The molecule has 3 N–H and O–H groups in total. The molecule has 1 amide bonds. The van der Waals surface area contributed by atoms with Crippen LogP contribution in [0.4, 0.5) is 11.4 Å². The highest BCUT2D eigenvalue weighted by Crippen LogP contribution is 2.23. The van der Waals surface area contributed by atoms with Crippen molar-refractivity contribution >= 4 is 28.9 Å². The molecule has 1 unspecified atom stereocenters. The largest absolute Gasteiger partial charge is 0.397 e. The average Bonchev–Trinajstić information content (AvgIpc) is 2.83. The Kier molecular flexibility index (Phi) is 7.08. The lowest BCUT2D eigenvalue weighted by Gasteiger charge is -2.31. The maximum absolute atomic E-state index is 12.5. The minimum atomic E-state index is -0.213. The van der Waals surface area contributed by atoms with E-state index in [9.17, 15) is 4.79 Å². The summed E-state index contributed by atoms with van der Waals surface area (Å²) in [4.78, 5) is 14.8. The molecule has 1 saturated heterocycles. The summed E-state index contributed by atoms with van der Waals surface area (Å²) < 4.78 is 5.50. The number of nitrogens with zero attached hydrogens (tertiary/aromatic N) is 1. The Hall–Kier alpha value is -3.30. The van der Waals surface area contributed by atoms with Crippen LogP contribution in [-0.4, -0.2) is 37.1 Å². The van der Waals surface area contributed by atoms with Crippen LogP contribution >= 0.6 is 11.6 Å². The van der Waals surface area contributed by atoms with Gasteiger partial charge in [-0.25, -0.2) is 0 Å². The minimum absolute atomic E-state index is 0.0554. The zero-order valence-electron chi connectivity index (χ0n) is 17.6. The summed E-state index contributed by atoms with van der Waals surface area (Å²) in [5.74, 6) is 6.45. The molecule has 162 valence electrons. The van der Waals surface area contributed by atoms with Crippen molar-refractivity contribution in [1.82, 2.24) is 4.90 Å². The molecule has 5 nitrogen and oxygen atoms in total. The van der Waals surface area contributed by atoms with E-state index in [4.69, 9.17) is 22.1 Å². The molecule has 3 aromatic carbocycles. The molecule has 1 aliphatic rings. The molecule has 4 rings (SSSR count). The predicted octanol–water partition coefficient (Wildman–Crippen LogP) is 4.60. The predicted molar refractivity (Wildman–Crippen MR) is 129 cm³/mol. The van der Waals surface area contributed by atoms with Gasteiger partial charge in [-0.1, -0.05) is 47.7 Å². The second-order valence-corrected chi connectivity index (χ2v) is 7.93. The highest BCUT2D eigenvalue weighted by molar-refractivity contribution is 6.30. The number of hydrogen-bond donors (Lipinski definition) is 2. The number of rotatable bonds is 4. The van der Waals surface area contributed by atoms with E-state index >= 15 is 0 Å². The van der Waals surface area contributed by atoms with Crippen molar-refractivity contribution in [2.45, 2.75) is 6.04 Å². The summed E-state index contributed by atoms with van der Waals surface area (Å²) in [6.45, 7) is 3.04. The zero-order valence-corrected chi connectivity index (χ0v) is 18.3. The van der Waals surface area contributed by atoms with Crippen molar-refractivity contribution in [3.8, 4) is 11.8 Å². The van der Waals surface area contributed by atoms with Crippen molar-refractivity contribution < 1.29 is 9.53 Å². The molecule has 0 bridgehead atoms. The second kappa shape index (κ2) is 10.3. The smallest absolute Gasteiger partial charge is 0.255 e. The molecule has 0 aliphatic carbocycles. The number of nitrogens with one attached hydrogen (secondary N) is 1. The number of carbonyl (C=O) groups excluding carboxylic acids is 1. The molecule has 1 atom stereocenters. The van der Waals surface area contributed by atoms with E-state index in [2.05, 4.69) is 22.1 Å². The van der Waals surface area contributed by atoms with Gasteiger partial charge in [0.25, 0.3) is 5.91 Å². The molecule has 32 heavy (non-hydrogen) atoms. The van der Waals surface area contributed by atoms with Crippen molar-refractivity contribution in [3.05, 3.63) is 94.5 Å². The third-order valence-electron chi connectivity index (χ3n) is 5.31. The second-order valence-electron chi connectivity index (χ2n) is 7.49. The molecule has 1 fully saturated rings. The first-order valence-corrected chi connectivity index (χ1v) is 10.8. The van der Waals surface area contributed by atoms with Gasteiger partial charge in [0.15, 0.2) is 0 Å². The molecule has 3 aromatic rings. The molecule has 0 spiro atoms. The van der Waals surface area contributed by atoms with Gasteiger partial charge in [0.05, 0.1) is 30.6 Å². The number of carbonyl (C=O) groups is 1. The van der Waals surface area contributed by atoms with Crippen LogP contribution < -0.4 is 11.1 Å². The van der Waals surface area contributed by atoms with Gasteiger partial charge in [-0.2, -0.15) is 0 Å².